The molecule has 0 unspecified atom stereocenters. The minimum Gasteiger partial charge on any atom is -0.480 e. The highest BCUT2D eigenvalue weighted by Gasteiger charge is 2.17. The number of hydrogen-bond acceptors (Lipinski definition) is 4. The van der Waals surface area contributed by atoms with E-state index in [0.29, 0.717) is 26.0 Å². The molecular weight excluding hydrogens is 273 g/mol. The lowest BCUT2D eigenvalue weighted by Crippen LogP contribution is -2.41. The first-order valence-corrected chi connectivity index (χ1v) is 4.52. The van der Waals surface area contributed by atoms with E-state index >= 15 is 0 Å². The van der Waals surface area contributed by atoms with Gasteiger partial charge >= 0.3 is 5.97 Å². The highest BCUT2D eigenvalue weighted by atomic mass is 35.5. The molecule has 0 saturated heterocycles. The predicted octanol–water partition coefficient (Wildman–Crippen LogP) is -0.242. The molecular formula is C8H21Cl2N3O4. The van der Waals surface area contributed by atoms with Crippen molar-refractivity contribution in [2.24, 2.45) is 5.73 Å². The van der Waals surface area contributed by atoms with Gasteiger partial charge in [0.05, 0.1) is 6.61 Å². The molecule has 7 nitrogen and oxygen atoms in total. The summed E-state index contributed by atoms with van der Waals surface area (Å²) in [7, 11) is 0. The van der Waals surface area contributed by atoms with E-state index < -0.39 is 12.0 Å². The molecule has 0 aromatic carbocycles. The first-order chi connectivity index (χ1) is 6.61. The number of hydrogen-bond donors (Lipinski definition) is 4. The Morgan fingerprint density at radius 3 is 2.41 bits per heavy atom. The molecule has 17 heavy (non-hydrogen) atoms. The summed E-state index contributed by atoms with van der Waals surface area (Å²) in [6.07, 6.45) is 0.991. The fourth-order valence-electron chi connectivity index (χ4n) is 0.924. The van der Waals surface area contributed by atoms with Crippen molar-refractivity contribution >= 4 is 36.8 Å². The van der Waals surface area contributed by atoms with Gasteiger partial charge in [0.15, 0.2) is 0 Å². The molecule has 0 aliphatic heterocycles. The minimum absolute atomic E-state index is 0. The third-order valence-corrected chi connectivity index (χ3v) is 1.59. The number of amidine groups is 1. The Balaban J connectivity index is -0.000000282. The van der Waals surface area contributed by atoms with E-state index in [1.165, 1.54) is 0 Å². The summed E-state index contributed by atoms with van der Waals surface area (Å²) < 4.78 is 4.78. The van der Waals surface area contributed by atoms with Crippen LogP contribution < -0.4 is 11.1 Å². The maximum atomic E-state index is 10.7. The van der Waals surface area contributed by atoms with Gasteiger partial charge in [-0.05, 0) is 26.3 Å². The monoisotopic (exact) mass is 293 g/mol. The van der Waals surface area contributed by atoms with Crippen LogP contribution in [0.1, 0.15) is 19.8 Å². The van der Waals surface area contributed by atoms with Gasteiger partial charge in [-0.15, -0.1) is 24.8 Å². The Hall–Kier alpha value is -0.760. The molecule has 7 N–H and O–H groups in total. The van der Waals surface area contributed by atoms with Crippen molar-refractivity contribution in [2.45, 2.75) is 25.8 Å². The second kappa shape index (κ2) is 15.2. The van der Waals surface area contributed by atoms with E-state index in [1.807, 2.05) is 0 Å². The summed E-state index contributed by atoms with van der Waals surface area (Å²) in [5.74, 6) is -0.997. The smallest absolute Gasteiger partial charge is 0.326 e. The van der Waals surface area contributed by atoms with Gasteiger partial charge in [-0.2, -0.15) is 0 Å². The zero-order valence-corrected chi connectivity index (χ0v) is 11.2. The zero-order chi connectivity index (χ0) is 11.0. The molecule has 9 heteroatoms. The average Bonchev–Trinajstić information content (AvgIpc) is 2.12. The Bertz CT molecular complexity index is 207. The topological polar surface area (TPSA) is 140 Å². The van der Waals surface area contributed by atoms with Crippen molar-refractivity contribution in [3.05, 3.63) is 0 Å². The van der Waals surface area contributed by atoms with Crippen LogP contribution in [0.2, 0.25) is 0 Å². The first-order valence-electron chi connectivity index (χ1n) is 4.52. The molecule has 0 bridgehead atoms. The summed E-state index contributed by atoms with van der Waals surface area (Å²) in [6, 6.07) is -1.01. The number of carboxylic acids is 1. The van der Waals surface area contributed by atoms with Crippen LogP contribution in [0.25, 0.3) is 0 Å². The summed E-state index contributed by atoms with van der Waals surface area (Å²) in [5.41, 5.74) is 5.26. The van der Waals surface area contributed by atoms with Crippen LogP contribution >= 0.6 is 24.8 Å². The van der Waals surface area contributed by atoms with Crippen molar-refractivity contribution in [1.82, 2.24) is 5.32 Å². The molecule has 0 amide bonds. The molecule has 0 heterocycles. The molecule has 0 aliphatic carbocycles. The molecule has 1 atom stereocenters. The van der Waals surface area contributed by atoms with Gasteiger partial charge in [-0.25, -0.2) is 4.79 Å². The van der Waals surface area contributed by atoms with E-state index in [1.54, 1.807) is 6.92 Å². The van der Waals surface area contributed by atoms with Crippen molar-refractivity contribution in [3.8, 4) is 0 Å². The molecule has 0 aromatic rings. The lowest BCUT2D eigenvalue weighted by molar-refractivity contribution is -0.139. The van der Waals surface area contributed by atoms with Crippen molar-refractivity contribution in [2.75, 3.05) is 13.2 Å². The standard InChI is InChI=1S/C8H17N3O3.2ClH.H2O/c1-2-14-8(10)11-6(7(12)13)4-3-5-9;;;/h6H,2-5,9H2,1H3,(H2,10,11)(H,12,13);2*1H;1H2/t6-;;;/m0.../s1. The maximum absolute atomic E-state index is 10.7. The number of carboxylic acid groups (broad SMARTS) is 1. The SMILES string of the molecule is CCOC(=N)N[C@@H](CCCN)C(=O)O.Cl.Cl.O. The van der Waals surface area contributed by atoms with Crippen LogP contribution in [0, 0.1) is 5.41 Å². The first kappa shape index (κ1) is 25.2. The largest absolute Gasteiger partial charge is 0.480 e. The predicted molar refractivity (Wildman–Crippen MR) is 70.3 cm³/mol. The van der Waals surface area contributed by atoms with Crippen LogP contribution in [0.4, 0.5) is 0 Å². The van der Waals surface area contributed by atoms with Crippen molar-refractivity contribution in [1.29, 1.82) is 5.41 Å². The molecule has 0 radical (unpaired) electrons. The second-order valence-electron chi connectivity index (χ2n) is 2.73. The van der Waals surface area contributed by atoms with Gasteiger partial charge in [-0.1, -0.05) is 0 Å². The summed E-state index contributed by atoms with van der Waals surface area (Å²) >= 11 is 0. The van der Waals surface area contributed by atoms with Gasteiger partial charge in [0.2, 0.25) is 0 Å². The molecule has 106 valence electrons. The average molecular weight is 294 g/mol. The van der Waals surface area contributed by atoms with Crippen molar-refractivity contribution < 1.29 is 20.1 Å². The van der Waals surface area contributed by atoms with Crippen LogP contribution in [0.3, 0.4) is 0 Å². The quantitative estimate of drug-likeness (QED) is 0.395. The van der Waals surface area contributed by atoms with E-state index in [-0.39, 0.29) is 36.3 Å². The normalized spacial score (nSPS) is 9.76. The number of ether oxygens (including phenoxy) is 1. The fourth-order valence-corrected chi connectivity index (χ4v) is 0.924. The van der Waals surface area contributed by atoms with Gasteiger partial charge < -0.3 is 26.4 Å². The minimum atomic E-state index is -0.997. The third kappa shape index (κ3) is 13.2. The Kier molecular flexibility index (Phi) is 22.6. The van der Waals surface area contributed by atoms with E-state index in [0.717, 1.165) is 0 Å². The van der Waals surface area contributed by atoms with Gasteiger partial charge in [0.25, 0.3) is 6.02 Å². The number of nitrogens with one attached hydrogen (secondary N) is 2. The van der Waals surface area contributed by atoms with E-state index in [2.05, 4.69) is 5.32 Å². The number of carbonyl (C=O) groups is 1. The second-order valence-corrected chi connectivity index (χ2v) is 2.73. The molecule has 0 rings (SSSR count). The number of rotatable bonds is 6. The highest BCUT2D eigenvalue weighted by molar-refractivity contribution is 5.85. The van der Waals surface area contributed by atoms with Gasteiger partial charge in [0, 0.05) is 0 Å². The number of aliphatic carboxylic acids is 1. The number of halogens is 2. The van der Waals surface area contributed by atoms with E-state index in [4.69, 9.17) is 21.0 Å². The van der Waals surface area contributed by atoms with Crippen LogP contribution in [0.5, 0.6) is 0 Å². The van der Waals surface area contributed by atoms with Gasteiger partial charge in [-0.3, -0.25) is 5.41 Å². The molecule has 0 saturated carbocycles. The highest BCUT2D eigenvalue weighted by Crippen LogP contribution is 1.96. The number of nitrogens with two attached hydrogens (primary N) is 1. The molecule has 0 fully saturated rings. The van der Waals surface area contributed by atoms with Crippen LogP contribution in [0.15, 0.2) is 0 Å². The van der Waals surface area contributed by atoms with Crippen LogP contribution in [-0.4, -0.2) is 41.8 Å². The molecule has 0 aliphatic rings. The molecule has 0 aromatic heterocycles. The Labute approximate surface area is 113 Å². The van der Waals surface area contributed by atoms with Crippen LogP contribution in [-0.2, 0) is 9.53 Å². The Morgan fingerprint density at radius 2 is 2.06 bits per heavy atom. The lowest BCUT2D eigenvalue weighted by atomic mass is 10.1. The maximum Gasteiger partial charge on any atom is 0.326 e. The summed E-state index contributed by atoms with van der Waals surface area (Å²) in [4.78, 5) is 10.7. The Morgan fingerprint density at radius 1 is 1.53 bits per heavy atom. The summed E-state index contributed by atoms with van der Waals surface area (Å²) in [6.45, 7) is 2.51. The fraction of sp³-hybridized carbons (Fsp3) is 0.750. The molecule has 0 spiro atoms. The van der Waals surface area contributed by atoms with E-state index in [9.17, 15) is 4.79 Å². The zero-order valence-electron chi connectivity index (χ0n) is 9.56. The summed E-state index contributed by atoms with van der Waals surface area (Å²) in [5, 5.41) is 18.4. The van der Waals surface area contributed by atoms with Gasteiger partial charge in [0.1, 0.15) is 6.04 Å². The van der Waals surface area contributed by atoms with Crippen molar-refractivity contribution in [3.63, 3.8) is 0 Å². The lowest BCUT2D eigenvalue weighted by Gasteiger charge is -2.15. The third-order valence-electron chi connectivity index (χ3n) is 1.59.